The molecule has 1 spiro atoms. The Morgan fingerprint density at radius 1 is 0.900 bits per heavy atom. The lowest BCUT2D eigenvalue weighted by molar-refractivity contribution is -0.125. The standard InChI is InChI=1S/C26H45ClO2Si/c1-23(2,3)30(6,7)29-21-12-13-24(4)18-10-14-25(5)19(11-15-26(25)16-28-26)17(18)8-9-20(24)22(21)27/h17-22H,8-16H2,1-7H3/t17-,18+,19+,20+,21-,22-,24-,25-,26+/m1/s1. The summed E-state index contributed by atoms with van der Waals surface area (Å²) in [6.45, 7) is 18.0. The maximum atomic E-state index is 7.30. The number of ether oxygens (including phenoxy) is 1. The highest BCUT2D eigenvalue weighted by Gasteiger charge is 2.70. The van der Waals surface area contributed by atoms with E-state index >= 15 is 0 Å². The van der Waals surface area contributed by atoms with Gasteiger partial charge in [0.15, 0.2) is 8.32 Å². The highest BCUT2D eigenvalue weighted by atomic mass is 35.5. The lowest BCUT2D eigenvalue weighted by Gasteiger charge is -2.62. The summed E-state index contributed by atoms with van der Waals surface area (Å²) in [6.07, 6.45) is 10.9. The molecule has 4 heteroatoms. The zero-order valence-corrected chi connectivity index (χ0v) is 22.3. The predicted octanol–water partition coefficient (Wildman–Crippen LogP) is 7.41. The largest absolute Gasteiger partial charge is 0.412 e. The van der Waals surface area contributed by atoms with Crippen LogP contribution in [-0.2, 0) is 9.16 Å². The first-order valence-electron chi connectivity index (χ1n) is 12.8. The number of hydrogen-bond acceptors (Lipinski definition) is 2. The summed E-state index contributed by atoms with van der Waals surface area (Å²) in [7, 11) is -1.78. The van der Waals surface area contributed by atoms with Crippen LogP contribution in [-0.4, -0.2) is 32.0 Å². The molecule has 4 saturated carbocycles. The Morgan fingerprint density at radius 2 is 1.57 bits per heavy atom. The first-order chi connectivity index (χ1) is 13.8. The monoisotopic (exact) mass is 452 g/mol. The number of halogens is 1. The molecule has 2 nitrogen and oxygen atoms in total. The topological polar surface area (TPSA) is 21.8 Å². The lowest BCUT2D eigenvalue weighted by atomic mass is 9.44. The van der Waals surface area contributed by atoms with Crippen molar-refractivity contribution in [1.29, 1.82) is 0 Å². The van der Waals surface area contributed by atoms with Gasteiger partial charge < -0.3 is 9.16 Å². The number of alkyl halides is 1. The molecule has 1 saturated heterocycles. The van der Waals surface area contributed by atoms with E-state index in [-0.39, 0.29) is 22.1 Å². The Labute approximate surface area is 191 Å². The minimum atomic E-state index is -1.78. The molecule has 1 heterocycles. The van der Waals surface area contributed by atoms with E-state index in [1.165, 1.54) is 44.9 Å². The highest BCUT2D eigenvalue weighted by Crippen LogP contribution is 2.71. The van der Waals surface area contributed by atoms with E-state index < -0.39 is 8.32 Å². The minimum Gasteiger partial charge on any atom is -0.412 e. The molecule has 0 bridgehead atoms. The van der Waals surface area contributed by atoms with Crippen molar-refractivity contribution in [3.8, 4) is 0 Å². The lowest BCUT2D eigenvalue weighted by Crippen LogP contribution is -2.59. The molecule has 5 aliphatic rings. The summed E-state index contributed by atoms with van der Waals surface area (Å²) in [5, 5.41) is 0.438. The van der Waals surface area contributed by atoms with Gasteiger partial charge >= 0.3 is 0 Å². The molecular formula is C26H45ClO2Si. The molecule has 0 aromatic heterocycles. The first-order valence-corrected chi connectivity index (χ1v) is 16.2. The fraction of sp³-hybridized carbons (Fsp3) is 1.00. The molecular weight excluding hydrogens is 408 g/mol. The van der Waals surface area contributed by atoms with Gasteiger partial charge in [-0.25, -0.2) is 0 Å². The molecule has 0 aromatic carbocycles. The van der Waals surface area contributed by atoms with Crippen molar-refractivity contribution in [1.82, 2.24) is 0 Å². The van der Waals surface area contributed by atoms with Crippen LogP contribution >= 0.6 is 11.6 Å². The summed E-state index contributed by atoms with van der Waals surface area (Å²) in [4.78, 5) is 0. The van der Waals surface area contributed by atoms with Crippen LogP contribution in [0, 0.1) is 34.5 Å². The Balaban J connectivity index is 1.35. The molecule has 0 unspecified atom stereocenters. The van der Waals surface area contributed by atoms with Gasteiger partial charge in [-0.1, -0.05) is 34.6 Å². The molecule has 0 amide bonds. The molecule has 9 atom stereocenters. The first kappa shape index (κ1) is 22.2. The maximum Gasteiger partial charge on any atom is 0.192 e. The zero-order chi connectivity index (χ0) is 21.7. The van der Waals surface area contributed by atoms with Crippen LogP contribution in [0.15, 0.2) is 0 Å². The van der Waals surface area contributed by atoms with Crippen molar-refractivity contribution < 1.29 is 9.16 Å². The van der Waals surface area contributed by atoms with Crippen molar-refractivity contribution in [3.05, 3.63) is 0 Å². The molecule has 172 valence electrons. The summed E-state index contributed by atoms with van der Waals surface area (Å²) >= 11 is 7.30. The van der Waals surface area contributed by atoms with Crippen LogP contribution in [0.4, 0.5) is 0 Å². The Bertz CT molecular complexity index is 698. The SMILES string of the molecule is CC(C)(C)[Si](C)(C)O[C@@H]1CC[C@@]2(C)[C@@H](CC[C@@H]3[C@@H]2CC[C@]2(C)[C@H]3CC[C@]23CO3)[C@H]1Cl. The van der Waals surface area contributed by atoms with Crippen molar-refractivity contribution in [3.63, 3.8) is 0 Å². The van der Waals surface area contributed by atoms with E-state index in [4.69, 9.17) is 20.8 Å². The van der Waals surface area contributed by atoms with E-state index in [9.17, 15) is 0 Å². The fourth-order valence-electron chi connectivity index (χ4n) is 8.58. The van der Waals surface area contributed by atoms with Gasteiger partial charge in [0.25, 0.3) is 0 Å². The zero-order valence-electron chi connectivity index (χ0n) is 20.5. The van der Waals surface area contributed by atoms with Crippen LogP contribution in [0.2, 0.25) is 18.1 Å². The maximum absolute atomic E-state index is 7.30. The molecule has 0 N–H and O–H groups in total. The molecule has 1 aliphatic heterocycles. The van der Waals surface area contributed by atoms with Crippen LogP contribution < -0.4 is 0 Å². The van der Waals surface area contributed by atoms with Gasteiger partial charge in [0.1, 0.15) is 0 Å². The molecule has 0 aromatic rings. The predicted molar refractivity (Wildman–Crippen MR) is 128 cm³/mol. The van der Waals surface area contributed by atoms with Crippen molar-refractivity contribution in [2.24, 2.45) is 34.5 Å². The van der Waals surface area contributed by atoms with E-state index in [1.54, 1.807) is 0 Å². The average Bonchev–Trinajstić information content (AvgIpc) is 3.37. The van der Waals surface area contributed by atoms with E-state index in [2.05, 4.69) is 47.7 Å². The normalized spacial score (nSPS) is 53.2. The number of epoxide rings is 1. The number of rotatable bonds is 2. The van der Waals surface area contributed by atoms with Gasteiger partial charge in [-0.2, -0.15) is 0 Å². The number of hydrogen-bond donors (Lipinski definition) is 0. The molecule has 4 aliphatic carbocycles. The third kappa shape index (κ3) is 2.93. The third-order valence-corrected chi connectivity index (χ3v) is 16.8. The van der Waals surface area contributed by atoms with Gasteiger partial charge in [-0.05, 0) is 98.6 Å². The van der Waals surface area contributed by atoms with Gasteiger partial charge in [0, 0.05) is 5.41 Å². The molecule has 5 rings (SSSR count). The smallest absolute Gasteiger partial charge is 0.192 e. The molecule has 5 fully saturated rings. The van der Waals surface area contributed by atoms with E-state index in [1.807, 2.05) is 0 Å². The van der Waals surface area contributed by atoms with Crippen LogP contribution in [0.1, 0.15) is 86.0 Å². The second-order valence-corrected chi connectivity index (χ2v) is 19.0. The van der Waals surface area contributed by atoms with Gasteiger partial charge in [0.2, 0.25) is 0 Å². The molecule has 0 radical (unpaired) electrons. The summed E-state index contributed by atoms with van der Waals surface area (Å²) < 4.78 is 13.0. The van der Waals surface area contributed by atoms with Gasteiger partial charge in [0.05, 0.1) is 23.7 Å². The van der Waals surface area contributed by atoms with Crippen molar-refractivity contribution >= 4 is 19.9 Å². The second-order valence-electron chi connectivity index (χ2n) is 13.7. The second kappa shape index (κ2) is 6.73. The van der Waals surface area contributed by atoms with Crippen LogP contribution in [0.25, 0.3) is 0 Å². The highest BCUT2D eigenvalue weighted by molar-refractivity contribution is 6.74. The van der Waals surface area contributed by atoms with Gasteiger partial charge in [-0.15, -0.1) is 11.6 Å². The Hall–Kier alpha value is 0.427. The van der Waals surface area contributed by atoms with Crippen LogP contribution in [0.5, 0.6) is 0 Å². The fourth-order valence-corrected chi connectivity index (χ4v) is 10.6. The number of fused-ring (bicyclic) bond motifs is 6. The summed E-state index contributed by atoms with van der Waals surface area (Å²) in [6, 6.07) is 0. The van der Waals surface area contributed by atoms with Gasteiger partial charge in [-0.3, -0.25) is 0 Å². The average molecular weight is 453 g/mol. The summed E-state index contributed by atoms with van der Waals surface area (Å²) in [5.41, 5.74) is 1.12. The van der Waals surface area contributed by atoms with E-state index in [0.29, 0.717) is 16.7 Å². The summed E-state index contributed by atoms with van der Waals surface area (Å²) in [5.74, 6) is 3.26. The van der Waals surface area contributed by atoms with Crippen molar-refractivity contribution in [2.75, 3.05) is 6.61 Å². The van der Waals surface area contributed by atoms with Crippen LogP contribution in [0.3, 0.4) is 0 Å². The van der Waals surface area contributed by atoms with Crippen molar-refractivity contribution in [2.45, 2.75) is 121 Å². The third-order valence-electron chi connectivity index (χ3n) is 11.7. The van der Waals surface area contributed by atoms with E-state index in [0.717, 1.165) is 30.8 Å². The molecule has 30 heavy (non-hydrogen) atoms. The minimum absolute atomic E-state index is 0.189. The Kier molecular flexibility index (Phi) is 4.99. The quantitative estimate of drug-likeness (QED) is 0.247. The Morgan fingerprint density at radius 3 is 2.20 bits per heavy atom.